The van der Waals surface area contributed by atoms with E-state index in [1.807, 2.05) is 0 Å². The molecule has 0 spiro atoms. The van der Waals surface area contributed by atoms with E-state index in [-0.39, 0.29) is 25.2 Å². The molecule has 0 N–H and O–H groups in total. The Bertz CT molecular complexity index is 252. The fourth-order valence-electron chi connectivity index (χ4n) is 1.04. The number of carbonyl (C=O) groups excluding carboxylic acids is 2. The Morgan fingerprint density at radius 1 is 1.07 bits per heavy atom. The first kappa shape index (κ1) is 10.8. The van der Waals surface area contributed by atoms with Gasteiger partial charge in [0.1, 0.15) is 13.2 Å². The lowest BCUT2D eigenvalue weighted by molar-refractivity contribution is -0.141. The number of hydrogen-bond acceptors (Lipinski definition) is 4. The fourth-order valence-corrected chi connectivity index (χ4v) is 1.04. The largest absolute Gasteiger partial charge is 0.461 e. The van der Waals surface area contributed by atoms with E-state index in [2.05, 4.69) is 0 Å². The van der Waals surface area contributed by atoms with Crippen LogP contribution in [0.3, 0.4) is 0 Å². The Morgan fingerprint density at radius 3 is 1.79 bits per heavy atom. The van der Waals surface area contributed by atoms with Crippen LogP contribution >= 0.6 is 0 Å². The molecule has 0 amide bonds. The third-order valence-electron chi connectivity index (χ3n) is 1.90. The van der Waals surface area contributed by atoms with E-state index in [0.717, 1.165) is 18.4 Å². The highest BCUT2D eigenvalue weighted by Gasteiger charge is 2.19. The molecule has 0 aromatic heterocycles. The molecule has 1 rings (SSSR count). The Kier molecular flexibility index (Phi) is 3.68. The standard InChI is InChI=1S/C10H14O4/c1-7(11)13-5-10(9-3-4-9)6-14-8(2)12/h3-6H2,1-2H3. The molecule has 4 heteroatoms. The minimum absolute atomic E-state index is 0.248. The molecule has 1 saturated carbocycles. The van der Waals surface area contributed by atoms with Gasteiger partial charge in [-0.1, -0.05) is 5.57 Å². The van der Waals surface area contributed by atoms with E-state index in [0.29, 0.717) is 0 Å². The first-order valence-electron chi connectivity index (χ1n) is 4.56. The lowest BCUT2D eigenvalue weighted by atomic mass is 10.2. The summed E-state index contributed by atoms with van der Waals surface area (Å²) < 4.78 is 9.70. The zero-order valence-electron chi connectivity index (χ0n) is 8.46. The molecule has 0 atom stereocenters. The zero-order chi connectivity index (χ0) is 10.6. The van der Waals surface area contributed by atoms with E-state index in [1.165, 1.54) is 19.4 Å². The van der Waals surface area contributed by atoms with E-state index < -0.39 is 0 Å². The maximum atomic E-state index is 10.6. The number of ether oxygens (including phenoxy) is 2. The van der Waals surface area contributed by atoms with Gasteiger partial charge in [0.2, 0.25) is 0 Å². The Balaban J connectivity index is 2.38. The predicted octanol–water partition coefficient (Wildman–Crippen LogP) is 1.20. The van der Waals surface area contributed by atoms with Gasteiger partial charge in [-0.25, -0.2) is 0 Å². The first-order valence-corrected chi connectivity index (χ1v) is 4.56. The normalized spacial score (nSPS) is 13.4. The first-order chi connectivity index (χ1) is 6.59. The van der Waals surface area contributed by atoms with E-state index in [4.69, 9.17) is 9.47 Å². The molecule has 0 aromatic rings. The highest BCUT2D eigenvalue weighted by Crippen LogP contribution is 2.31. The predicted molar refractivity (Wildman–Crippen MR) is 49.5 cm³/mol. The average molecular weight is 198 g/mol. The Morgan fingerprint density at radius 2 is 1.50 bits per heavy atom. The zero-order valence-corrected chi connectivity index (χ0v) is 8.46. The molecule has 14 heavy (non-hydrogen) atoms. The summed E-state index contributed by atoms with van der Waals surface area (Å²) in [5.74, 6) is -0.627. The summed E-state index contributed by atoms with van der Waals surface area (Å²) in [6.45, 7) is 3.22. The maximum Gasteiger partial charge on any atom is 0.302 e. The molecule has 4 nitrogen and oxygen atoms in total. The molecular formula is C10H14O4. The lowest BCUT2D eigenvalue weighted by Crippen LogP contribution is -2.10. The number of allylic oxidation sites excluding steroid dienone is 1. The highest BCUT2D eigenvalue weighted by molar-refractivity contribution is 5.67. The molecule has 0 saturated heterocycles. The summed E-state index contributed by atoms with van der Waals surface area (Å²) in [5, 5.41) is 0. The van der Waals surface area contributed by atoms with E-state index >= 15 is 0 Å². The van der Waals surface area contributed by atoms with Crippen LogP contribution in [0.1, 0.15) is 26.7 Å². The second-order valence-corrected chi connectivity index (χ2v) is 3.27. The second-order valence-electron chi connectivity index (χ2n) is 3.27. The van der Waals surface area contributed by atoms with Crippen molar-refractivity contribution in [3.8, 4) is 0 Å². The van der Waals surface area contributed by atoms with Crippen molar-refractivity contribution in [2.75, 3.05) is 13.2 Å². The average Bonchev–Trinajstić information content (AvgIpc) is 2.86. The van der Waals surface area contributed by atoms with Gasteiger partial charge in [-0.05, 0) is 12.8 Å². The third kappa shape index (κ3) is 4.07. The van der Waals surface area contributed by atoms with Crippen LogP contribution in [0.15, 0.2) is 11.1 Å². The van der Waals surface area contributed by atoms with Crippen molar-refractivity contribution in [1.29, 1.82) is 0 Å². The monoisotopic (exact) mass is 198 g/mol. The van der Waals surface area contributed by atoms with Crippen LogP contribution in [0.25, 0.3) is 0 Å². The maximum absolute atomic E-state index is 10.6. The number of rotatable bonds is 4. The fraction of sp³-hybridized carbons (Fsp3) is 0.600. The molecule has 0 unspecified atom stereocenters. The second kappa shape index (κ2) is 4.79. The van der Waals surface area contributed by atoms with Gasteiger partial charge < -0.3 is 9.47 Å². The molecule has 1 aliphatic carbocycles. The minimum Gasteiger partial charge on any atom is -0.461 e. The summed E-state index contributed by atoms with van der Waals surface area (Å²) in [5.41, 5.74) is 2.17. The van der Waals surface area contributed by atoms with Gasteiger partial charge in [0.05, 0.1) is 0 Å². The van der Waals surface area contributed by atoms with Crippen molar-refractivity contribution < 1.29 is 19.1 Å². The van der Waals surface area contributed by atoms with Crippen molar-refractivity contribution in [2.45, 2.75) is 26.7 Å². The van der Waals surface area contributed by atoms with Crippen LogP contribution in [-0.4, -0.2) is 25.2 Å². The summed E-state index contributed by atoms with van der Waals surface area (Å²) >= 11 is 0. The SMILES string of the molecule is CC(=O)OCC(COC(C)=O)=C1CC1. The molecule has 0 bridgehead atoms. The van der Waals surface area contributed by atoms with Crippen LogP contribution in [-0.2, 0) is 19.1 Å². The molecular weight excluding hydrogens is 184 g/mol. The topological polar surface area (TPSA) is 52.6 Å². The van der Waals surface area contributed by atoms with Crippen molar-refractivity contribution in [3.05, 3.63) is 11.1 Å². The van der Waals surface area contributed by atoms with E-state index in [1.54, 1.807) is 0 Å². The van der Waals surface area contributed by atoms with Crippen LogP contribution in [0.5, 0.6) is 0 Å². The highest BCUT2D eigenvalue weighted by atomic mass is 16.5. The van der Waals surface area contributed by atoms with Crippen molar-refractivity contribution in [3.63, 3.8) is 0 Å². The van der Waals surface area contributed by atoms with Gasteiger partial charge in [0.15, 0.2) is 0 Å². The van der Waals surface area contributed by atoms with Gasteiger partial charge in [0, 0.05) is 19.4 Å². The molecule has 1 fully saturated rings. The third-order valence-corrected chi connectivity index (χ3v) is 1.90. The molecule has 0 radical (unpaired) electrons. The molecule has 0 aromatic carbocycles. The number of hydrogen-bond donors (Lipinski definition) is 0. The van der Waals surface area contributed by atoms with Crippen molar-refractivity contribution >= 4 is 11.9 Å². The number of carbonyl (C=O) groups is 2. The summed E-state index contributed by atoms with van der Waals surface area (Å²) in [6, 6.07) is 0. The molecule has 78 valence electrons. The van der Waals surface area contributed by atoms with Crippen LogP contribution in [0, 0.1) is 0 Å². The van der Waals surface area contributed by atoms with Gasteiger partial charge in [-0.2, -0.15) is 0 Å². The van der Waals surface area contributed by atoms with Crippen LogP contribution in [0.4, 0.5) is 0 Å². The Labute approximate surface area is 82.9 Å². The molecule has 0 heterocycles. The molecule has 1 aliphatic rings. The van der Waals surface area contributed by atoms with Gasteiger partial charge in [-0.15, -0.1) is 0 Å². The minimum atomic E-state index is -0.313. The van der Waals surface area contributed by atoms with E-state index in [9.17, 15) is 9.59 Å². The van der Waals surface area contributed by atoms with Crippen LogP contribution in [0.2, 0.25) is 0 Å². The summed E-state index contributed by atoms with van der Waals surface area (Å²) in [6.07, 6.45) is 2.05. The van der Waals surface area contributed by atoms with Crippen molar-refractivity contribution in [2.24, 2.45) is 0 Å². The summed E-state index contributed by atoms with van der Waals surface area (Å²) in [7, 11) is 0. The molecule has 0 aliphatic heterocycles. The lowest BCUT2D eigenvalue weighted by Gasteiger charge is -2.07. The van der Waals surface area contributed by atoms with Gasteiger partial charge >= 0.3 is 11.9 Å². The van der Waals surface area contributed by atoms with Crippen LogP contribution < -0.4 is 0 Å². The van der Waals surface area contributed by atoms with Crippen molar-refractivity contribution in [1.82, 2.24) is 0 Å². The van der Waals surface area contributed by atoms with Gasteiger partial charge in [0.25, 0.3) is 0 Å². The summed E-state index contributed by atoms with van der Waals surface area (Å²) in [4.78, 5) is 21.2. The smallest absolute Gasteiger partial charge is 0.302 e. The quantitative estimate of drug-likeness (QED) is 0.503. The number of esters is 2. The van der Waals surface area contributed by atoms with Gasteiger partial charge in [-0.3, -0.25) is 9.59 Å². The Hall–Kier alpha value is -1.32.